The number of benzene rings is 1. The number of carbonyl (C=O) groups is 1. The van der Waals surface area contributed by atoms with E-state index in [1.807, 2.05) is 12.1 Å². The zero-order valence-corrected chi connectivity index (χ0v) is 11.3. The number of hydrazine groups is 1. The number of allylic oxidation sites excluding steroid dienone is 1. The minimum Gasteiger partial charge on any atom is -0.495 e. The molecule has 0 amide bonds. The number of ether oxygens (including phenoxy) is 2. The van der Waals surface area contributed by atoms with Crippen LogP contribution >= 0.6 is 0 Å². The average molecular weight is 265 g/mol. The lowest BCUT2D eigenvalue weighted by Crippen LogP contribution is -2.33. The fraction of sp³-hybridized carbons (Fsp3) is 0.308. The number of rotatable bonds is 5. The second-order valence-electron chi connectivity index (χ2n) is 3.76. The van der Waals surface area contributed by atoms with Crippen LogP contribution in [0.4, 0.5) is 5.69 Å². The van der Waals surface area contributed by atoms with Gasteiger partial charge in [-0.2, -0.15) is 0 Å². The van der Waals surface area contributed by atoms with Gasteiger partial charge in [0.05, 0.1) is 25.1 Å². The van der Waals surface area contributed by atoms with Gasteiger partial charge in [0, 0.05) is 0 Å². The second kappa shape index (κ2) is 6.65. The Labute approximate surface area is 112 Å². The molecular formula is C13H19N3O3. The predicted molar refractivity (Wildman–Crippen MR) is 73.2 cm³/mol. The van der Waals surface area contributed by atoms with Crippen LogP contribution in [0.15, 0.2) is 35.7 Å². The van der Waals surface area contributed by atoms with Gasteiger partial charge < -0.3 is 15.2 Å². The maximum Gasteiger partial charge on any atom is 0.356 e. The molecule has 0 saturated carbocycles. The standard InChI is InChI=1S/C13H19N3O3/c1-4-19-13(17)12(14)9(2)16(15)10-7-5-6-8-11(10)18-3/h5-8H,4,14-15H2,1-3H3/b12-9-. The number of methoxy groups -OCH3 is 1. The van der Waals surface area contributed by atoms with E-state index in [4.69, 9.17) is 21.1 Å². The first kappa shape index (κ1) is 14.8. The van der Waals surface area contributed by atoms with Gasteiger partial charge in [0.25, 0.3) is 0 Å². The highest BCUT2D eigenvalue weighted by Crippen LogP contribution is 2.28. The summed E-state index contributed by atoms with van der Waals surface area (Å²) in [5.41, 5.74) is 6.68. The van der Waals surface area contributed by atoms with Crippen LogP contribution < -0.4 is 21.3 Å². The van der Waals surface area contributed by atoms with Gasteiger partial charge in [-0.3, -0.25) is 5.01 Å². The molecule has 0 aliphatic carbocycles. The first-order valence-electron chi connectivity index (χ1n) is 5.84. The SMILES string of the molecule is CCOC(=O)/C(N)=C(\C)N(N)c1ccccc1OC. The lowest BCUT2D eigenvalue weighted by atomic mass is 10.2. The summed E-state index contributed by atoms with van der Waals surface area (Å²) in [6.07, 6.45) is 0. The topological polar surface area (TPSA) is 90.8 Å². The molecule has 1 aromatic rings. The van der Waals surface area contributed by atoms with Crippen LogP contribution in [0.2, 0.25) is 0 Å². The van der Waals surface area contributed by atoms with Crippen molar-refractivity contribution in [2.24, 2.45) is 11.6 Å². The normalized spacial score (nSPS) is 11.6. The van der Waals surface area contributed by atoms with E-state index < -0.39 is 5.97 Å². The summed E-state index contributed by atoms with van der Waals surface area (Å²) in [4.78, 5) is 11.6. The van der Waals surface area contributed by atoms with Crippen LogP contribution in [0.25, 0.3) is 0 Å². The minimum absolute atomic E-state index is 0.0322. The van der Waals surface area contributed by atoms with Crippen molar-refractivity contribution in [3.8, 4) is 5.75 Å². The quantitative estimate of drug-likeness (QED) is 0.359. The molecule has 104 valence electrons. The van der Waals surface area contributed by atoms with E-state index >= 15 is 0 Å². The number of esters is 1. The molecule has 0 saturated heterocycles. The maximum absolute atomic E-state index is 11.6. The zero-order chi connectivity index (χ0) is 14.4. The molecular weight excluding hydrogens is 246 g/mol. The Morgan fingerprint density at radius 2 is 2.00 bits per heavy atom. The Bertz CT molecular complexity index is 486. The summed E-state index contributed by atoms with van der Waals surface area (Å²) in [5.74, 6) is 5.95. The Kier molecular flexibility index (Phi) is 5.20. The summed E-state index contributed by atoms with van der Waals surface area (Å²) >= 11 is 0. The Morgan fingerprint density at radius 1 is 1.37 bits per heavy atom. The maximum atomic E-state index is 11.6. The van der Waals surface area contributed by atoms with Crippen molar-refractivity contribution in [1.29, 1.82) is 0 Å². The first-order chi connectivity index (χ1) is 9.02. The van der Waals surface area contributed by atoms with Crippen LogP contribution in [-0.2, 0) is 9.53 Å². The van der Waals surface area contributed by atoms with Crippen molar-refractivity contribution in [3.63, 3.8) is 0 Å². The molecule has 6 nitrogen and oxygen atoms in total. The van der Waals surface area contributed by atoms with Gasteiger partial charge in [0.1, 0.15) is 11.4 Å². The summed E-state index contributed by atoms with van der Waals surface area (Å²) in [7, 11) is 1.54. The van der Waals surface area contributed by atoms with Crippen LogP contribution in [-0.4, -0.2) is 19.7 Å². The van der Waals surface area contributed by atoms with E-state index in [-0.39, 0.29) is 12.3 Å². The molecule has 1 aromatic carbocycles. The molecule has 0 unspecified atom stereocenters. The molecule has 0 aliphatic rings. The molecule has 6 heteroatoms. The van der Waals surface area contributed by atoms with Crippen molar-refractivity contribution in [1.82, 2.24) is 0 Å². The van der Waals surface area contributed by atoms with Crippen LogP contribution in [0.1, 0.15) is 13.8 Å². The van der Waals surface area contributed by atoms with Gasteiger partial charge in [0.2, 0.25) is 0 Å². The van der Waals surface area contributed by atoms with Gasteiger partial charge in [-0.1, -0.05) is 12.1 Å². The Hall–Kier alpha value is -2.21. The molecule has 0 heterocycles. The molecule has 1 rings (SSSR count). The highest BCUT2D eigenvalue weighted by Gasteiger charge is 2.16. The minimum atomic E-state index is -0.592. The third kappa shape index (κ3) is 3.38. The fourth-order valence-electron chi connectivity index (χ4n) is 1.50. The highest BCUT2D eigenvalue weighted by atomic mass is 16.5. The highest BCUT2D eigenvalue weighted by molar-refractivity contribution is 5.89. The van der Waals surface area contributed by atoms with Gasteiger partial charge in [0.15, 0.2) is 0 Å². The molecule has 0 spiro atoms. The van der Waals surface area contributed by atoms with Crippen molar-refractivity contribution < 1.29 is 14.3 Å². The van der Waals surface area contributed by atoms with E-state index in [1.54, 1.807) is 33.1 Å². The Balaban J connectivity index is 3.08. The van der Waals surface area contributed by atoms with Gasteiger partial charge in [-0.15, -0.1) is 0 Å². The summed E-state index contributed by atoms with van der Waals surface area (Å²) in [5, 5.41) is 1.30. The van der Waals surface area contributed by atoms with Crippen molar-refractivity contribution in [2.75, 3.05) is 18.7 Å². The number of nitrogens with zero attached hydrogens (tertiary/aromatic N) is 1. The predicted octanol–water partition coefficient (Wildman–Crippen LogP) is 1.13. The van der Waals surface area contributed by atoms with E-state index in [0.717, 1.165) is 0 Å². The largest absolute Gasteiger partial charge is 0.495 e. The Morgan fingerprint density at radius 3 is 2.58 bits per heavy atom. The number of carbonyl (C=O) groups excluding carboxylic acids is 1. The zero-order valence-electron chi connectivity index (χ0n) is 11.3. The summed E-state index contributed by atoms with van der Waals surface area (Å²) < 4.78 is 10.0. The van der Waals surface area contributed by atoms with Gasteiger partial charge in [-0.05, 0) is 26.0 Å². The monoisotopic (exact) mass is 265 g/mol. The van der Waals surface area contributed by atoms with Crippen LogP contribution in [0.3, 0.4) is 0 Å². The molecule has 0 atom stereocenters. The number of anilines is 1. The van der Waals surface area contributed by atoms with E-state index in [9.17, 15) is 4.79 Å². The average Bonchev–Trinajstić information content (AvgIpc) is 2.45. The number of hydrogen-bond donors (Lipinski definition) is 2. The first-order valence-corrected chi connectivity index (χ1v) is 5.84. The van der Waals surface area contributed by atoms with Gasteiger partial charge >= 0.3 is 5.97 Å². The van der Waals surface area contributed by atoms with Crippen molar-refractivity contribution >= 4 is 11.7 Å². The second-order valence-corrected chi connectivity index (χ2v) is 3.76. The lowest BCUT2D eigenvalue weighted by Gasteiger charge is -2.22. The van der Waals surface area contributed by atoms with Crippen molar-refractivity contribution in [2.45, 2.75) is 13.8 Å². The number of nitrogens with two attached hydrogens (primary N) is 2. The number of hydrogen-bond acceptors (Lipinski definition) is 6. The third-order valence-electron chi connectivity index (χ3n) is 2.59. The van der Waals surface area contributed by atoms with E-state index in [0.29, 0.717) is 17.1 Å². The molecule has 4 N–H and O–H groups in total. The van der Waals surface area contributed by atoms with E-state index in [1.165, 1.54) is 5.01 Å². The fourth-order valence-corrected chi connectivity index (χ4v) is 1.50. The smallest absolute Gasteiger partial charge is 0.356 e. The van der Waals surface area contributed by atoms with Crippen molar-refractivity contribution in [3.05, 3.63) is 35.7 Å². The molecule has 0 aromatic heterocycles. The summed E-state index contributed by atoms with van der Waals surface area (Å²) in [6.45, 7) is 3.60. The molecule has 0 aliphatic heterocycles. The summed E-state index contributed by atoms with van der Waals surface area (Å²) in [6, 6.07) is 7.17. The third-order valence-corrected chi connectivity index (χ3v) is 2.59. The molecule has 0 fully saturated rings. The van der Waals surface area contributed by atoms with Crippen LogP contribution in [0, 0.1) is 0 Å². The van der Waals surface area contributed by atoms with Gasteiger partial charge in [-0.25, -0.2) is 10.6 Å². The molecule has 0 bridgehead atoms. The lowest BCUT2D eigenvalue weighted by molar-refractivity contribution is -0.138. The molecule has 19 heavy (non-hydrogen) atoms. The van der Waals surface area contributed by atoms with Crippen LogP contribution in [0.5, 0.6) is 5.75 Å². The molecule has 0 radical (unpaired) electrons. The number of para-hydroxylation sites is 2. The van der Waals surface area contributed by atoms with E-state index in [2.05, 4.69) is 0 Å².